The maximum absolute atomic E-state index is 12.4. The van der Waals surface area contributed by atoms with Crippen LogP contribution in [0, 0.1) is 0 Å². The number of hydrogen-bond acceptors (Lipinski definition) is 5. The summed E-state index contributed by atoms with van der Waals surface area (Å²) in [5.74, 6) is 1.11. The Labute approximate surface area is 162 Å². The molecule has 0 saturated heterocycles. The summed E-state index contributed by atoms with van der Waals surface area (Å²) in [7, 11) is 4.89. The van der Waals surface area contributed by atoms with Gasteiger partial charge in [0.2, 0.25) is 5.89 Å². The maximum Gasteiger partial charge on any atom is 0.257 e. The summed E-state index contributed by atoms with van der Waals surface area (Å²) in [6, 6.07) is 12.4. The number of amides is 1. The third-order valence-electron chi connectivity index (χ3n) is 3.82. The Hall–Kier alpha value is -2.99. The Morgan fingerprint density at radius 3 is 2.70 bits per heavy atom. The first kappa shape index (κ1) is 18.8. The number of methoxy groups -OCH3 is 1. The van der Waals surface area contributed by atoms with E-state index in [0.29, 0.717) is 33.7 Å². The lowest BCUT2D eigenvalue weighted by atomic mass is 10.1. The van der Waals surface area contributed by atoms with Gasteiger partial charge < -0.3 is 18.8 Å². The summed E-state index contributed by atoms with van der Waals surface area (Å²) in [6.45, 7) is 0.123. The fourth-order valence-electron chi connectivity index (χ4n) is 2.51. The molecule has 0 bridgehead atoms. The number of para-hydroxylation sites is 1. The standard InChI is InChI=1S/C20H19ClN2O4/c1-23(2)20(24)16-8-5-9-17(25-3)18(16)26-11-15-12-27-19(22-15)13-6-4-7-14(21)10-13/h4-10,12H,11H2,1-3H3. The van der Waals surface area contributed by atoms with Crippen LogP contribution in [0.2, 0.25) is 5.02 Å². The van der Waals surface area contributed by atoms with E-state index in [4.69, 9.17) is 25.5 Å². The molecule has 0 fully saturated rings. The van der Waals surface area contributed by atoms with E-state index < -0.39 is 0 Å². The summed E-state index contributed by atoms with van der Waals surface area (Å²) >= 11 is 6.00. The van der Waals surface area contributed by atoms with E-state index in [1.807, 2.05) is 12.1 Å². The van der Waals surface area contributed by atoms with Crippen LogP contribution < -0.4 is 9.47 Å². The highest BCUT2D eigenvalue weighted by Crippen LogP contribution is 2.32. The van der Waals surface area contributed by atoms with Gasteiger partial charge in [-0.1, -0.05) is 23.7 Å². The van der Waals surface area contributed by atoms with Crippen LogP contribution in [-0.2, 0) is 6.61 Å². The molecule has 6 nitrogen and oxygen atoms in total. The van der Waals surface area contributed by atoms with Gasteiger partial charge in [-0.25, -0.2) is 4.98 Å². The smallest absolute Gasteiger partial charge is 0.257 e. The minimum Gasteiger partial charge on any atom is -0.493 e. The Morgan fingerprint density at radius 1 is 1.22 bits per heavy atom. The van der Waals surface area contributed by atoms with Gasteiger partial charge >= 0.3 is 0 Å². The summed E-state index contributed by atoms with van der Waals surface area (Å²) in [5, 5.41) is 0.601. The summed E-state index contributed by atoms with van der Waals surface area (Å²) in [4.78, 5) is 18.3. The molecular weight excluding hydrogens is 368 g/mol. The molecule has 1 heterocycles. The lowest BCUT2D eigenvalue weighted by Gasteiger charge is -2.16. The number of hydrogen-bond donors (Lipinski definition) is 0. The number of halogens is 1. The number of carbonyl (C=O) groups excluding carboxylic acids is 1. The minimum absolute atomic E-state index is 0.123. The van der Waals surface area contributed by atoms with Crippen molar-refractivity contribution in [3.05, 3.63) is 65.0 Å². The van der Waals surface area contributed by atoms with Crippen LogP contribution in [0.5, 0.6) is 11.5 Å². The third kappa shape index (κ3) is 4.23. The van der Waals surface area contributed by atoms with Crippen LogP contribution in [0.3, 0.4) is 0 Å². The highest BCUT2D eigenvalue weighted by molar-refractivity contribution is 6.30. The average molecular weight is 387 g/mol. The molecule has 0 atom stereocenters. The first-order chi connectivity index (χ1) is 13.0. The van der Waals surface area contributed by atoms with E-state index >= 15 is 0 Å². The fourth-order valence-corrected chi connectivity index (χ4v) is 2.70. The predicted octanol–water partition coefficient (Wildman–Crippen LogP) is 4.28. The summed E-state index contributed by atoms with van der Waals surface area (Å²) in [6.07, 6.45) is 1.51. The van der Waals surface area contributed by atoms with E-state index in [-0.39, 0.29) is 12.5 Å². The van der Waals surface area contributed by atoms with Crippen LogP contribution in [-0.4, -0.2) is 37.0 Å². The van der Waals surface area contributed by atoms with Gasteiger partial charge in [0.25, 0.3) is 5.91 Å². The van der Waals surface area contributed by atoms with Gasteiger partial charge in [-0.2, -0.15) is 0 Å². The van der Waals surface area contributed by atoms with Gasteiger partial charge in [-0.05, 0) is 30.3 Å². The molecule has 3 aromatic rings. The number of oxazole rings is 1. The second-order valence-corrected chi connectivity index (χ2v) is 6.42. The number of carbonyl (C=O) groups is 1. The second kappa shape index (κ2) is 8.14. The van der Waals surface area contributed by atoms with Crippen LogP contribution in [0.25, 0.3) is 11.5 Å². The first-order valence-electron chi connectivity index (χ1n) is 8.21. The molecule has 0 saturated carbocycles. The molecule has 0 aliphatic carbocycles. The van der Waals surface area contributed by atoms with E-state index in [2.05, 4.69) is 4.98 Å². The molecule has 0 N–H and O–H groups in total. The zero-order chi connectivity index (χ0) is 19.4. The molecule has 2 aromatic carbocycles. The molecule has 3 rings (SSSR count). The fraction of sp³-hybridized carbons (Fsp3) is 0.200. The summed E-state index contributed by atoms with van der Waals surface area (Å²) < 4.78 is 16.7. The predicted molar refractivity (Wildman–Crippen MR) is 102 cm³/mol. The Balaban J connectivity index is 1.82. The van der Waals surface area contributed by atoms with E-state index in [0.717, 1.165) is 5.56 Å². The Kier molecular flexibility index (Phi) is 5.66. The maximum atomic E-state index is 12.4. The molecule has 27 heavy (non-hydrogen) atoms. The van der Waals surface area contributed by atoms with E-state index in [9.17, 15) is 4.79 Å². The topological polar surface area (TPSA) is 64.8 Å². The second-order valence-electron chi connectivity index (χ2n) is 5.98. The van der Waals surface area contributed by atoms with Crippen molar-refractivity contribution in [2.75, 3.05) is 21.2 Å². The highest BCUT2D eigenvalue weighted by Gasteiger charge is 2.19. The summed E-state index contributed by atoms with van der Waals surface area (Å²) in [5.41, 5.74) is 1.77. The number of rotatable bonds is 6. The van der Waals surface area contributed by atoms with Gasteiger partial charge in [-0.15, -0.1) is 0 Å². The van der Waals surface area contributed by atoms with Gasteiger partial charge in [0.1, 0.15) is 18.6 Å². The molecule has 0 aliphatic rings. The zero-order valence-corrected chi connectivity index (χ0v) is 16.0. The van der Waals surface area contributed by atoms with E-state index in [1.54, 1.807) is 44.4 Å². The largest absolute Gasteiger partial charge is 0.493 e. The van der Waals surface area contributed by atoms with Gasteiger partial charge in [0.15, 0.2) is 11.5 Å². The Morgan fingerprint density at radius 2 is 2.00 bits per heavy atom. The van der Waals surface area contributed by atoms with E-state index in [1.165, 1.54) is 18.3 Å². The van der Waals surface area contributed by atoms with Crippen LogP contribution >= 0.6 is 11.6 Å². The van der Waals surface area contributed by atoms with Crippen LogP contribution in [0.1, 0.15) is 16.1 Å². The molecule has 1 amide bonds. The molecule has 0 unspecified atom stereocenters. The SMILES string of the molecule is COc1cccc(C(=O)N(C)C)c1OCc1coc(-c2cccc(Cl)c2)n1. The Bertz CT molecular complexity index is 953. The average Bonchev–Trinajstić information content (AvgIpc) is 3.14. The van der Waals surface area contributed by atoms with Crippen molar-refractivity contribution in [1.29, 1.82) is 0 Å². The molecular formula is C20H19ClN2O4. The number of aromatic nitrogens is 1. The van der Waals surface area contributed by atoms with Crippen molar-refractivity contribution in [2.45, 2.75) is 6.61 Å². The van der Waals surface area contributed by atoms with Crippen molar-refractivity contribution >= 4 is 17.5 Å². The quantitative estimate of drug-likeness (QED) is 0.632. The molecule has 0 aliphatic heterocycles. The van der Waals surface area contributed by atoms with Crippen molar-refractivity contribution in [3.63, 3.8) is 0 Å². The number of benzene rings is 2. The monoisotopic (exact) mass is 386 g/mol. The minimum atomic E-state index is -0.177. The van der Waals surface area contributed by atoms with Crippen molar-refractivity contribution in [3.8, 4) is 23.0 Å². The van der Waals surface area contributed by atoms with Crippen LogP contribution in [0.4, 0.5) is 0 Å². The lowest BCUT2D eigenvalue weighted by Crippen LogP contribution is -2.22. The lowest BCUT2D eigenvalue weighted by molar-refractivity contribution is 0.0821. The molecule has 0 radical (unpaired) electrons. The van der Waals surface area contributed by atoms with Crippen molar-refractivity contribution < 1.29 is 18.7 Å². The van der Waals surface area contributed by atoms with Gasteiger partial charge in [0, 0.05) is 24.7 Å². The van der Waals surface area contributed by atoms with Gasteiger partial charge in [-0.3, -0.25) is 4.79 Å². The van der Waals surface area contributed by atoms with Crippen LogP contribution in [0.15, 0.2) is 53.1 Å². The number of nitrogens with zero attached hydrogens (tertiary/aromatic N) is 2. The number of ether oxygens (including phenoxy) is 2. The molecule has 1 aromatic heterocycles. The first-order valence-corrected chi connectivity index (χ1v) is 8.59. The van der Waals surface area contributed by atoms with Gasteiger partial charge in [0.05, 0.1) is 12.7 Å². The molecule has 7 heteroatoms. The molecule has 0 spiro atoms. The normalized spacial score (nSPS) is 10.5. The van der Waals surface area contributed by atoms with Crippen molar-refractivity contribution in [1.82, 2.24) is 9.88 Å². The zero-order valence-electron chi connectivity index (χ0n) is 15.2. The highest BCUT2D eigenvalue weighted by atomic mass is 35.5. The van der Waals surface area contributed by atoms with Crippen molar-refractivity contribution in [2.24, 2.45) is 0 Å². The third-order valence-corrected chi connectivity index (χ3v) is 4.06. The molecule has 140 valence electrons.